The fourth-order valence-electron chi connectivity index (χ4n) is 2.81. The highest BCUT2D eigenvalue weighted by molar-refractivity contribution is 5.14. The van der Waals surface area contributed by atoms with Gasteiger partial charge < -0.3 is 5.32 Å². The van der Waals surface area contributed by atoms with Gasteiger partial charge in [-0.1, -0.05) is 50.6 Å². The van der Waals surface area contributed by atoms with E-state index in [0.29, 0.717) is 12.1 Å². The molecule has 0 amide bonds. The lowest BCUT2D eigenvalue weighted by molar-refractivity contribution is 0.246. The molecule has 0 radical (unpaired) electrons. The van der Waals surface area contributed by atoms with Crippen LogP contribution in [0.4, 0.5) is 0 Å². The first-order valence-electron chi connectivity index (χ1n) is 7.26. The molecule has 2 heteroatoms. The topological polar surface area (TPSA) is 15.3 Å². The lowest BCUT2D eigenvalue weighted by atomic mass is 10.1. The summed E-state index contributed by atoms with van der Waals surface area (Å²) < 4.78 is 0. The zero-order valence-corrected chi connectivity index (χ0v) is 11.7. The van der Waals surface area contributed by atoms with E-state index in [0.717, 1.165) is 6.54 Å². The van der Waals surface area contributed by atoms with Gasteiger partial charge in [0, 0.05) is 25.2 Å². The Morgan fingerprint density at radius 2 is 2.00 bits per heavy atom. The largest absolute Gasteiger partial charge is 0.311 e. The third-order valence-corrected chi connectivity index (χ3v) is 3.57. The van der Waals surface area contributed by atoms with Gasteiger partial charge in [0.2, 0.25) is 0 Å². The van der Waals surface area contributed by atoms with Crippen LogP contribution in [-0.4, -0.2) is 30.1 Å². The van der Waals surface area contributed by atoms with Gasteiger partial charge in [0.25, 0.3) is 0 Å². The van der Waals surface area contributed by atoms with Crippen molar-refractivity contribution in [1.29, 1.82) is 0 Å². The predicted octanol–water partition coefficient (Wildman–Crippen LogP) is 3.04. The van der Waals surface area contributed by atoms with Crippen LogP contribution >= 0.6 is 0 Å². The second-order valence-electron chi connectivity index (χ2n) is 5.73. The van der Waals surface area contributed by atoms with Crippen molar-refractivity contribution in [2.75, 3.05) is 13.1 Å². The zero-order valence-electron chi connectivity index (χ0n) is 11.7. The number of hydrogen-bond acceptors (Lipinski definition) is 2. The second-order valence-corrected chi connectivity index (χ2v) is 5.73. The Morgan fingerprint density at radius 3 is 2.72 bits per heavy atom. The quantitative estimate of drug-likeness (QED) is 0.878. The van der Waals surface area contributed by atoms with Crippen molar-refractivity contribution in [1.82, 2.24) is 10.2 Å². The van der Waals surface area contributed by atoms with Gasteiger partial charge in [-0.05, 0) is 24.9 Å². The second kappa shape index (κ2) is 6.91. The van der Waals surface area contributed by atoms with Crippen LogP contribution in [0, 0.1) is 0 Å². The molecule has 1 aliphatic heterocycles. The van der Waals surface area contributed by atoms with Crippen LogP contribution < -0.4 is 5.32 Å². The molecule has 0 spiro atoms. The van der Waals surface area contributed by atoms with Crippen molar-refractivity contribution >= 4 is 0 Å². The van der Waals surface area contributed by atoms with Crippen molar-refractivity contribution in [3.05, 3.63) is 35.9 Å². The Hall–Kier alpha value is -0.860. The van der Waals surface area contributed by atoms with E-state index in [9.17, 15) is 0 Å². The van der Waals surface area contributed by atoms with Crippen LogP contribution in [0.5, 0.6) is 0 Å². The molecular weight excluding hydrogens is 220 g/mol. The van der Waals surface area contributed by atoms with Crippen LogP contribution in [0.15, 0.2) is 30.3 Å². The minimum Gasteiger partial charge on any atom is -0.311 e. The molecule has 1 saturated heterocycles. The minimum atomic E-state index is 0.590. The summed E-state index contributed by atoms with van der Waals surface area (Å²) >= 11 is 0. The van der Waals surface area contributed by atoms with Crippen LogP contribution in [0.25, 0.3) is 0 Å². The lowest BCUT2D eigenvalue weighted by Gasteiger charge is -2.26. The zero-order chi connectivity index (χ0) is 12.8. The van der Waals surface area contributed by atoms with Crippen molar-refractivity contribution < 1.29 is 0 Å². The first-order valence-corrected chi connectivity index (χ1v) is 7.26. The van der Waals surface area contributed by atoms with Gasteiger partial charge >= 0.3 is 0 Å². The van der Waals surface area contributed by atoms with E-state index in [1.54, 1.807) is 0 Å². The molecule has 100 valence electrons. The molecule has 2 nitrogen and oxygen atoms in total. The number of benzene rings is 1. The predicted molar refractivity (Wildman–Crippen MR) is 77.6 cm³/mol. The van der Waals surface area contributed by atoms with E-state index in [1.807, 2.05) is 0 Å². The maximum atomic E-state index is 3.70. The van der Waals surface area contributed by atoms with E-state index >= 15 is 0 Å². The van der Waals surface area contributed by atoms with Crippen LogP contribution in [-0.2, 0) is 6.54 Å². The molecule has 1 N–H and O–H groups in total. The van der Waals surface area contributed by atoms with E-state index in [2.05, 4.69) is 54.4 Å². The number of hydrogen-bond donors (Lipinski definition) is 1. The van der Waals surface area contributed by atoms with Crippen molar-refractivity contribution in [2.24, 2.45) is 0 Å². The van der Waals surface area contributed by atoms with E-state index in [1.165, 1.54) is 37.9 Å². The van der Waals surface area contributed by atoms with E-state index in [4.69, 9.17) is 0 Å². The molecule has 1 heterocycles. The Bertz CT molecular complexity index is 334. The highest BCUT2D eigenvalue weighted by Crippen LogP contribution is 2.14. The molecule has 0 saturated carbocycles. The van der Waals surface area contributed by atoms with Gasteiger partial charge in [-0.25, -0.2) is 0 Å². The molecule has 2 rings (SSSR count). The Morgan fingerprint density at radius 1 is 1.22 bits per heavy atom. The van der Waals surface area contributed by atoms with Crippen LogP contribution in [0.1, 0.15) is 38.7 Å². The lowest BCUT2D eigenvalue weighted by Crippen LogP contribution is -2.42. The first-order chi connectivity index (χ1) is 8.74. The monoisotopic (exact) mass is 246 g/mol. The van der Waals surface area contributed by atoms with Gasteiger partial charge in [0.1, 0.15) is 0 Å². The number of rotatable bonds is 4. The van der Waals surface area contributed by atoms with Crippen LogP contribution in [0.2, 0.25) is 0 Å². The summed E-state index contributed by atoms with van der Waals surface area (Å²) in [6.45, 7) is 8.01. The Balaban J connectivity index is 1.91. The summed E-state index contributed by atoms with van der Waals surface area (Å²) in [5.41, 5.74) is 1.43. The fourth-order valence-corrected chi connectivity index (χ4v) is 2.81. The SMILES string of the molecule is CC(C)NC1CCCCN(Cc2ccccc2)C1. The molecule has 1 aromatic rings. The molecule has 1 aliphatic rings. The minimum absolute atomic E-state index is 0.590. The third-order valence-electron chi connectivity index (χ3n) is 3.57. The maximum Gasteiger partial charge on any atom is 0.0234 e. The van der Waals surface area contributed by atoms with Gasteiger partial charge in [-0.3, -0.25) is 4.90 Å². The summed E-state index contributed by atoms with van der Waals surface area (Å²) in [6, 6.07) is 12.1. The number of nitrogens with one attached hydrogen (secondary N) is 1. The normalized spacial score (nSPS) is 22.1. The summed E-state index contributed by atoms with van der Waals surface area (Å²) in [4.78, 5) is 2.60. The molecule has 1 fully saturated rings. The Labute approximate surface area is 111 Å². The van der Waals surface area contributed by atoms with Crippen LogP contribution in [0.3, 0.4) is 0 Å². The standard InChI is InChI=1S/C16H26N2/c1-14(2)17-16-10-6-7-11-18(13-16)12-15-8-4-3-5-9-15/h3-5,8-9,14,16-17H,6-7,10-13H2,1-2H3. The summed E-state index contributed by atoms with van der Waals surface area (Å²) in [7, 11) is 0. The molecule has 1 aromatic carbocycles. The third kappa shape index (κ3) is 4.43. The Kier molecular flexibility index (Phi) is 5.21. The molecule has 1 atom stereocenters. The van der Waals surface area contributed by atoms with Gasteiger partial charge in [-0.2, -0.15) is 0 Å². The molecule has 1 unspecified atom stereocenters. The highest BCUT2D eigenvalue weighted by Gasteiger charge is 2.18. The average molecular weight is 246 g/mol. The van der Waals surface area contributed by atoms with Gasteiger partial charge in [0.05, 0.1) is 0 Å². The van der Waals surface area contributed by atoms with Gasteiger partial charge in [-0.15, -0.1) is 0 Å². The average Bonchev–Trinajstić information content (AvgIpc) is 2.55. The van der Waals surface area contributed by atoms with Crippen molar-refractivity contribution in [3.63, 3.8) is 0 Å². The van der Waals surface area contributed by atoms with E-state index in [-0.39, 0.29) is 0 Å². The summed E-state index contributed by atoms with van der Waals surface area (Å²) in [5, 5.41) is 3.70. The fraction of sp³-hybridized carbons (Fsp3) is 0.625. The molecule has 0 aliphatic carbocycles. The maximum absolute atomic E-state index is 3.70. The van der Waals surface area contributed by atoms with Crippen molar-refractivity contribution in [2.45, 2.75) is 51.7 Å². The number of likely N-dealkylation sites (tertiary alicyclic amines) is 1. The van der Waals surface area contributed by atoms with E-state index < -0.39 is 0 Å². The first kappa shape index (κ1) is 13.6. The molecule has 0 aromatic heterocycles. The van der Waals surface area contributed by atoms with Gasteiger partial charge in [0.15, 0.2) is 0 Å². The van der Waals surface area contributed by atoms with Crippen molar-refractivity contribution in [3.8, 4) is 0 Å². The molecular formula is C16H26N2. The summed E-state index contributed by atoms with van der Waals surface area (Å²) in [6.07, 6.45) is 4.02. The summed E-state index contributed by atoms with van der Waals surface area (Å²) in [5.74, 6) is 0. The number of nitrogens with zero attached hydrogens (tertiary/aromatic N) is 1. The highest BCUT2D eigenvalue weighted by atomic mass is 15.2. The smallest absolute Gasteiger partial charge is 0.0234 e. The molecule has 18 heavy (non-hydrogen) atoms. The molecule has 0 bridgehead atoms.